The molecule has 27 heavy (non-hydrogen) atoms. The van der Waals surface area contributed by atoms with Crippen LogP contribution in [0.2, 0.25) is 0 Å². The molecule has 156 valence electrons. The van der Waals surface area contributed by atoms with E-state index in [1.54, 1.807) is 6.07 Å². The molecule has 0 aliphatic rings. The van der Waals surface area contributed by atoms with Crippen LogP contribution in [-0.4, -0.2) is 10.2 Å². The summed E-state index contributed by atoms with van der Waals surface area (Å²) in [6.07, 6.45) is 24.3. The average Bonchev–Trinajstić information content (AvgIpc) is 2.67. The van der Waals surface area contributed by atoms with Gasteiger partial charge in [-0.1, -0.05) is 122 Å². The number of hydrogen-bond donors (Lipinski definition) is 2. The molecule has 0 bridgehead atoms. The third-order valence-electron chi connectivity index (χ3n) is 5.65. The Bertz CT molecular complexity index is 456. The molecule has 0 aliphatic carbocycles. The van der Waals surface area contributed by atoms with E-state index in [0.717, 1.165) is 18.4 Å². The highest BCUT2D eigenvalue weighted by Crippen LogP contribution is 2.29. The summed E-state index contributed by atoms with van der Waals surface area (Å²) in [7, 11) is 0. The summed E-state index contributed by atoms with van der Waals surface area (Å²) < 4.78 is 0. The number of benzene rings is 1. The Labute approximate surface area is 168 Å². The van der Waals surface area contributed by atoms with Crippen LogP contribution >= 0.6 is 0 Å². The lowest BCUT2D eigenvalue weighted by Gasteiger charge is -2.06. The van der Waals surface area contributed by atoms with Crippen molar-refractivity contribution in [3.05, 3.63) is 23.8 Å². The monoisotopic (exact) mass is 376 g/mol. The maximum absolute atomic E-state index is 9.78. The average molecular weight is 377 g/mol. The predicted octanol–water partition coefficient (Wildman–Crippen LogP) is 8.29. The number of unbranched alkanes of at least 4 members (excludes halogenated alkanes) is 16. The zero-order chi connectivity index (χ0) is 19.6. The zero-order valence-corrected chi connectivity index (χ0v) is 17.9. The number of phenols is 2. The van der Waals surface area contributed by atoms with Crippen molar-refractivity contribution in [3.8, 4) is 11.5 Å². The number of hydrogen-bond acceptors (Lipinski definition) is 2. The van der Waals surface area contributed by atoms with Crippen molar-refractivity contribution in [2.45, 2.75) is 122 Å². The summed E-state index contributed by atoms with van der Waals surface area (Å²) in [5.41, 5.74) is 0.871. The summed E-state index contributed by atoms with van der Waals surface area (Å²) >= 11 is 0. The van der Waals surface area contributed by atoms with E-state index < -0.39 is 0 Å². The van der Waals surface area contributed by atoms with Gasteiger partial charge < -0.3 is 10.2 Å². The molecule has 1 aromatic rings. The van der Waals surface area contributed by atoms with Gasteiger partial charge in [0.25, 0.3) is 0 Å². The van der Waals surface area contributed by atoms with Crippen molar-refractivity contribution in [2.24, 2.45) is 0 Å². The highest BCUT2D eigenvalue weighted by molar-refractivity contribution is 5.44. The smallest absolute Gasteiger partial charge is 0.160 e. The molecular weight excluding hydrogens is 332 g/mol. The van der Waals surface area contributed by atoms with Gasteiger partial charge in [0, 0.05) is 0 Å². The van der Waals surface area contributed by atoms with Gasteiger partial charge >= 0.3 is 0 Å². The Morgan fingerprint density at radius 1 is 0.556 bits per heavy atom. The Morgan fingerprint density at radius 3 is 1.41 bits per heavy atom. The summed E-state index contributed by atoms with van der Waals surface area (Å²) in [4.78, 5) is 0. The van der Waals surface area contributed by atoms with E-state index in [1.165, 1.54) is 109 Å². The molecule has 0 fully saturated rings. The van der Waals surface area contributed by atoms with Crippen LogP contribution in [-0.2, 0) is 6.42 Å². The minimum Gasteiger partial charge on any atom is -0.504 e. The van der Waals surface area contributed by atoms with Gasteiger partial charge in [0.1, 0.15) is 0 Å². The van der Waals surface area contributed by atoms with E-state index in [2.05, 4.69) is 6.92 Å². The first-order valence-electron chi connectivity index (χ1n) is 11.8. The van der Waals surface area contributed by atoms with Crippen LogP contribution < -0.4 is 0 Å². The Morgan fingerprint density at radius 2 is 0.963 bits per heavy atom. The maximum Gasteiger partial charge on any atom is 0.160 e. The van der Waals surface area contributed by atoms with Gasteiger partial charge in [0.05, 0.1) is 0 Å². The summed E-state index contributed by atoms with van der Waals surface area (Å²) in [6.45, 7) is 2.28. The predicted molar refractivity (Wildman–Crippen MR) is 118 cm³/mol. The first-order chi connectivity index (χ1) is 13.3. The van der Waals surface area contributed by atoms with E-state index in [0.29, 0.717) is 0 Å². The molecule has 2 N–H and O–H groups in total. The van der Waals surface area contributed by atoms with Gasteiger partial charge in [-0.05, 0) is 24.5 Å². The molecule has 0 radical (unpaired) electrons. The topological polar surface area (TPSA) is 40.5 Å². The summed E-state index contributed by atoms with van der Waals surface area (Å²) in [5.74, 6) is 0.0634. The van der Waals surface area contributed by atoms with Gasteiger partial charge in [-0.2, -0.15) is 0 Å². The largest absolute Gasteiger partial charge is 0.504 e. The molecule has 1 aromatic carbocycles. The molecule has 0 aliphatic heterocycles. The number of aromatic hydroxyl groups is 2. The molecule has 0 saturated carbocycles. The fourth-order valence-corrected chi connectivity index (χ4v) is 3.82. The maximum atomic E-state index is 9.78. The quantitative estimate of drug-likeness (QED) is 0.200. The lowest BCUT2D eigenvalue weighted by atomic mass is 10.0. The van der Waals surface area contributed by atoms with Crippen molar-refractivity contribution < 1.29 is 10.2 Å². The van der Waals surface area contributed by atoms with Gasteiger partial charge in [-0.3, -0.25) is 0 Å². The molecule has 0 amide bonds. The molecule has 0 atom stereocenters. The SMILES string of the molecule is CCCCCCCCCCCCCCCCCCCc1cccc(O)c1O. The van der Waals surface area contributed by atoms with Crippen molar-refractivity contribution in [3.63, 3.8) is 0 Å². The van der Waals surface area contributed by atoms with E-state index in [9.17, 15) is 10.2 Å². The second-order valence-corrected chi connectivity index (χ2v) is 8.19. The number of aryl methyl sites for hydroxylation is 1. The van der Waals surface area contributed by atoms with E-state index in [-0.39, 0.29) is 11.5 Å². The minimum atomic E-state index is -0.000487. The normalized spacial score (nSPS) is 11.1. The second kappa shape index (κ2) is 17.0. The lowest BCUT2D eigenvalue weighted by Crippen LogP contribution is -1.88. The zero-order valence-electron chi connectivity index (χ0n) is 17.9. The van der Waals surface area contributed by atoms with Crippen LogP contribution in [0.15, 0.2) is 18.2 Å². The molecule has 2 nitrogen and oxygen atoms in total. The number of rotatable bonds is 18. The van der Waals surface area contributed by atoms with Crippen LogP contribution in [0.5, 0.6) is 11.5 Å². The van der Waals surface area contributed by atoms with Gasteiger partial charge in [0.15, 0.2) is 11.5 Å². The van der Waals surface area contributed by atoms with Crippen LogP contribution in [0.25, 0.3) is 0 Å². The Balaban J connectivity index is 1.79. The van der Waals surface area contributed by atoms with Crippen LogP contribution in [0.4, 0.5) is 0 Å². The standard InChI is InChI=1S/C25H44O2/c1-2-3-4-5-6-7-8-9-10-11-12-13-14-15-16-17-18-20-23-21-19-22-24(26)25(23)27/h19,21-22,26-27H,2-18,20H2,1H3. The molecule has 0 spiro atoms. The third kappa shape index (κ3) is 12.8. The second-order valence-electron chi connectivity index (χ2n) is 8.19. The van der Waals surface area contributed by atoms with Crippen LogP contribution in [0, 0.1) is 0 Å². The molecule has 0 unspecified atom stereocenters. The first-order valence-corrected chi connectivity index (χ1v) is 11.8. The minimum absolute atomic E-state index is 0.000487. The number of phenolic OH excluding ortho intramolecular Hbond substituents is 2. The first kappa shape index (κ1) is 23.9. The number of para-hydroxylation sites is 1. The van der Waals surface area contributed by atoms with Crippen LogP contribution in [0.3, 0.4) is 0 Å². The molecule has 0 heterocycles. The highest BCUT2D eigenvalue weighted by Gasteiger charge is 2.04. The van der Waals surface area contributed by atoms with E-state index >= 15 is 0 Å². The Kier molecular flexibility index (Phi) is 15.0. The van der Waals surface area contributed by atoms with Crippen molar-refractivity contribution in [1.29, 1.82) is 0 Å². The van der Waals surface area contributed by atoms with Gasteiger partial charge in [-0.25, -0.2) is 0 Å². The molecule has 0 aromatic heterocycles. The molecule has 1 rings (SSSR count). The van der Waals surface area contributed by atoms with Crippen molar-refractivity contribution in [1.82, 2.24) is 0 Å². The van der Waals surface area contributed by atoms with Crippen LogP contribution in [0.1, 0.15) is 122 Å². The Hall–Kier alpha value is -1.18. The third-order valence-corrected chi connectivity index (χ3v) is 5.65. The van der Waals surface area contributed by atoms with Gasteiger partial charge in [0.2, 0.25) is 0 Å². The molecule has 0 saturated heterocycles. The van der Waals surface area contributed by atoms with Crippen molar-refractivity contribution in [2.75, 3.05) is 0 Å². The molecule has 2 heteroatoms. The van der Waals surface area contributed by atoms with Gasteiger partial charge in [-0.15, -0.1) is 0 Å². The lowest BCUT2D eigenvalue weighted by molar-refractivity contribution is 0.398. The fraction of sp³-hybridized carbons (Fsp3) is 0.760. The summed E-state index contributed by atoms with van der Waals surface area (Å²) in [6, 6.07) is 5.24. The summed E-state index contributed by atoms with van der Waals surface area (Å²) in [5, 5.41) is 19.3. The molecular formula is C25H44O2. The van der Waals surface area contributed by atoms with E-state index in [1.807, 2.05) is 6.07 Å². The van der Waals surface area contributed by atoms with E-state index in [4.69, 9.17) is 0 Å². The highest BCUT2D eigenvalue weighted by atomic mass is 16.3. The van der Waals surface area contributed by atoms with Crippen molar-refractivity contribution >= 4 is 0 Å². The fourth-order valence-electron chi connectivity index (χ4n) is 3.82.